The SMILES string of the molecule is Nc1ncc(-c2ccccc2)cc1CC(=O)c1cnc2cc(N3CCNCC3)ccc2c1. The molecule has 2 aromatic heterocycles. The zero-order chi connectivity index (χ0) is 21.9. The van der Waals surface area contributed by atoms with Gasteiger partial charge in [-0.25, -0.2) is 4.98 Å². The minimum absolute atomic E-state index is 0.0238. The van der Waals surface area contributed by atoms with Crippen molar-refractivity contribution in [1.82, 2.24) is 15.3 Å². The molecule has 0 bridgehead atoms. The minimum Gasteiger partial charge on any atom is -0.383 e. The Morgan fingerprint density at radius 3 is 2.56 bits per heavy atom. The fraction of sp³-hybridized carbons (Fsp3) is 0.192. The van der Waals surface area contributed by atoms with Crippen LogP contribution in [0.2, 0.25) is 0 Å². The molecule has 0 aliphatic carbocycles. The maximum Gasteiger partial charge on any atom is 0.168 e. The highest BCUT2D eigenvalue weighted by Crippen LogP contribution is 2.25. The van der Waals surface area contributed by atoms with Gasteiger partial charge in [-0.2, -0.15) is 0 Å². The Kier molecular flexibility index (Phi) is 5.52. The number of nitrogens with one attached hydrogen (secondary N) is 1. The monoisotopic (exact) mass is 423 g/mol. The molecular weight excluding hydrogens is 398 g/mol. The second-order valence-electron chi connectivity index (χ2n) is 8.07. The Hall–Kier alpha value is -3.77. The lowest BCUT2D eigenvalue weighted by Crippen LogP contribution is -2.43. The van der Waals surface area contributed by atoms with Crippen LogP contribution in [0.4, 0.5) is 11.5 Å². The number of pyridine rings is 2. The number of nitrogen functional groups attached to an aromatic ring is 1. The number of ketones is 1. The smallest absolute Gasteiger partial charge is 0.168 e. The third kappa shape index (κ3) is 4.18. The van der Waals surface area contributed by atoms with Gasteiger partial charge in [-0.1, -0.05) is 36.4 Å². The minimum atomic E-state index is -0.0238. The van der Waals surface area contributed by atoms with E-state index in [1.165, 1.54) is 5.69 Å². The summed E-state index contributed by atoms with van der Waals surface area (Å²) in [6, 6.07) is 20.1. The molecular formula is C26H25N5O. The van der Waals surface area contributed by atoms with Crippen LogP contribution in [0.5, 0.6) is 0 Å². The van der Waals surface area contributed by atoms with Crippen molar-refractivity contribution in [3.8, 4) is 11.1 Å². The Morgan fingerprint density at radius 2 is 1.75 bits per heavy atom. The number of benzene rings is 2. The predicted molar refractivity (Wildman–Crippen MR) is 129 cm³/mol. The normalized spacial score (nSPS) is 13.9. The average Bonchev–Trinajstić information content (AvgIpc) is 2.85. The second-order valence-corrected chi connectivity index (χ2v) is 8.07. The van der Waals surface area contributed by atoms with Gasteiger partial charge in [0.25, 0.3) is 0 Å². The topological polar surface area (TPSA) is 84.1 Å². The van der Waals surface area contributed by atoms with Gasteiger partial charge in [-0.05, 0) is 29.8 Å². The van der Waals surface area contributed by atoms with E-state index in [0.29, 0.717) is 11.4 Å². The maximum atomic E-state index is 13.0. The van der Waals surface area contributed by atoms with E-state index < -0.39 is 0 Å². The van der Waals surface area contributed by atoms with Crippen molar-refractivity contribution < 1.29 is 4.79 Å². The molecule has 160 valence electrons. The predicted octanol–water partition coefficient (Wildman–Crippen LogP) is 3.71. The highest BCUT2D eigenvalue weighted by molar-refractivity contribution is 6.00. The lowest BCUT2D eigenvalue weighted by molar-refractivity contribution is 0.0993. The van der Waals surface area contributed by atoms with Crippen molar-refractivity contribution in [3.63, 3.8) is 0 Å². The number of aromatic nitrogens is 2. The molecule has 6 nitrogen and oxygen atoms in total. The summed E-state index contributed by atoms with van der Waals surface area (Å²) in [5.41, 5.74) is 11.4. The van der Waals surface area contributed by atoms with Gasteiger partial charge in [0.1, 0.15) is 5.82 Å². The fourth-order valence-corrected chi connectivity index (χ4v) is 4.11. The van der Waals surface area contributed by atoms with Gasteiger partial charge >= 0.3 is 0 Å². The summed E-state index contributed by atoms with van der Waals surface area (Å²) in [6.07, 6.45) is 3.59. The molecule has 1 fully saturated rings. The van der Waals surface area contributed by atoms with Gasteiger partial charge in [0.05, 0.1) is 5.52 Å². The molecule has 1 saturated heterocycles. The Morgan fingerprint density at radius 1 is 0.938 bits per heavy atom. The number of fused-ring (bicyclic) bond motifs is 1. The van der Waals surface area contributed by atoms with Crippen LogP contribution in [0, 0.1) is 0 Å². The molecule has 1 aliphatic rings. The van der Waals surface area contributed by atoms with Gasteiger partial charge in [0, 0.05) is 72.8 Å². The number of anilines is 2. The lowest BCUT2D eigenvalue weighted by Gasteiger charge is -2.29. The van der Waals surface area contributed by atoms with Gasteiger partial charge in [-0.15, -0.1) is 0 Å². The van der Waals surface area contributed by atoms with Gasteiger partial charge in [-0.3, -0.25) is 9.78 Å². The summed E-state index contributed by atoms with van der Waals surface area (Å²) in [5, 5.41) is 4.33. The van der Waals surface area contributed by atoms with Crippen LogP contribution in [0.1, 0.15) is 15.9 Å². The van der Waals surface area contributed by atoms with E-state index in [4.69, 9.17) is 5.73 Å². The number of piperazine rings is 1. The molecule has 4 aromatic rings. The number of hydrogen-bond donors (Lipinski definition) is 2. The molecule has 32 heavy (non-hydrogen) atoms. The molecule has 3 N–H and O–H groups in total. The third-order valence-corrected chi connectivity index (χ3v) is 5.93. The summed E-state index contributed by atoms with van der Waals surface area (Å²) in [5.74, 6) is 0.358. The van der Waals surface area contributed by atoms with E-state index in [9.17, 15) is 4.79 Å². The van der Waals surface area contributed by atoms with Crippen LogP contribution in [0.25, 0.3) is 22.0 Å². The molecule has 0 radical (unpaired) electrons. The van der Waals surface area contributed by atoms with Crippen LogP contribution in [-0.4, -0.2) is 41.9 Å². The first-order valence-electron chi connectivity index (χ1n) is 10.9. The van der Waals surface area contributed by atoms with Crippen LogP contribution in [0.3, 0.4) is 0 Å². The molecule has 5 rings (SSSR count). The van der Waals surface area contributed by atoms with Gasteiger partial charge < -0.3 is 16.0 Å². The van der Waals surface area contributed by atoms with E-state index in [0.717, 1.165) is 53.8 Å². The Balaban J connectivity index is 1.38. The number of hydrogen-bond acceptors (Lipinski definition) is 6. The first-order valence-corrected chi connectivity index (χ1v) is 10.9. The molecule has 3 heterocycles. The zero-order valence-corrected chi connectivity index (χ0v) is 17.8. The number of Topliss-reactive ketones (excluding diaryl/α,β-unsaturated/α-hetero) is 1. The summed E-state index contributed by atoms with van der Waals surface area (Å²) < 4.78 is 0. The summed E-state index contributed by atoms with van der Waals surface area (Å²) >= 11 is 0. The molecule has 0 amide bonds. The van der Waals surface area contributed by atoms with Crippen molar-refractivity contribution in [1.29, 1.82) is 0 Å². The van der Waals surface area contributed by atoms with E-state index in [1.54, 1.807) is 12.4 Å². The Labute approximate surface area is 187 Å². The van der Waals surface area contributed by atoms with Crippen molar-refractivity contribution in [2.45, 2.75) is 6.42 Å². The zero-order valence-electron chi connectivity index (χ0n) is 17.8. The number of nitrogens with two attached hydrogens (primary N) is 1. The van der Waals surface area contributed by atoms with Crippen molar-refractivity contribution in [2.75, 3.05) is 36.8 Å². The molecule has 0 saturated carbocycles. The molecule has 1 aliphatic heterocycles. The number of rotatable bonds is 5. The molecule has 6 heteroatoms. The number of carbonyl (C=O) groups is 1. The summed E-state index contributed by atoms with van der Waals surface area (Å²) in [7, 11) is 0. The average molecular weight is 424 g/mol. The third-order valence-electron chi connectivity index (χ3n) is 5.93. The summed E-state index contributed by atoms with van der Waals surface area (Å²) in [4.78, 5) is 24.3. The first kappa shape index (κ1) is 20.2. The molecule has 0 spiro atoms. The van der Waals surface area contributed by atoms with E-state index in [2.05, 4.69) is 32.3 Å². The van der Waals surface area contributed by atoms with Crippen LogP contribution in [-0.2, 0) is 6.42 Å². The highest BCUT2D eigenvalue weighted by atomic mass is 16.1. The van der Waals surface area contributed by atoms with Gasteiger partial charge in [0.2, 0.25) is 0 Å². The van der Waals surface area contributed by atoms with Crippen LogP contribution in [0.15, 0.2) is 73.1 Å². The van der Waals surface area contributed by atoms with Crippen LogP contribution < -0.4 is 16.0 Å². The molecule has 0 unspecified atom stereocenters. The van der Waals surface area contributed by atoms with Crippen molar-refractivity contribution in [3.05, 3.63) is 84.2 Å². The second kappa shape index (κ2) is 8.77. The number of carbonyl (C=O) groups excluding carboxylic acids is 1. The Bertz CT molecular complexity index is 1270. The van der Waals surface area contributed by atoms with Crippen molar-refractivity contribution >= 4 is 28.2 Å². The highest BCUT2D eigenvalue weighted by Gasteiger charge is 2.14. The largest absolute Gasteiger partial charge is 0.383 e. The molecule has 2 aromatic carbocycles. The standard InChI is InChI=1S/C26H25N5O/c27-26-20(13-21(16-30-26)18-4-2-1-3-5-18)14-25(32)22-12-19-6-7-23(15-24(19)29-17-22)31-10-8-28-9-11-31/h1-7,12-13,15-17,28H,8-11,14H2,(H2,27,30). The molecule has 0 atom stereocenters. The van der Waals surface area contributed by atoms with E-state index in [1.807, 2.05) is 48.5 Å². The summed E-state index contributed by atoms with van der Waals surface area (Å²) in [6.45, 7) is 3.95. The quantitative estimate of drug-likeness (QED) is 0.476. The number of nitrogens with zero attached hydrogens (tertiary/aromatic N) is 3. The fourth-order valence-electron chi connectivity index (χ4n) is 4.11. The van der Waals surface area contributed by atoms with E-state index >= 15 is 0 Å². The van der Waals surface area contributed by atoms with Crippen LogP contribution >= 0.6 is 0 Å². The maximum absolute atomic E-state index is 13.0. The van der Waals surface area contributed by atoms with Crippen molar-refractivity contribution in [2.24, 2.45) is 0 Å². The van der Waals surface area contributed by atoms with E-state index in [-0.39, 0.29) is 12.2 Å². The van der Waals surface area contributed by atoms with Gasteiger partial charge in [0.15, 0.2) is 5.78 Å². The first-order chi connectivity index (χ1) is 15.7. The lowest BCUT2D eigenvalue weighted by atomic mass is 10.00.